The predicted molar refractivity (Wildman–Crippen MR) is 91.4 cm³/mol. The van der Waals surface area contributed by atoms with Crippen molar-refractivity contribution in [2.75, 3.05) is 7.05 Å². The van der Waals surface area contributed by atoms with Gasteiger partial charge in [0, 0.05) is 18.3 Å². The van der Waals surface area contributed by atoms with E-state index in [0.717, 1.165) is 23.3 Å². The van der Waals surface area contributed by atoms with Gasteiger partial charge < -0.3 is 0 Å². The van der Waals surface area contributed by atoms with E-state index in [1.807, 2.05) is 25.1 Å². The number of allylic oxidation sites excluding steroid dienone is 1. The molecule has 0 saturated heterocycles. The minimum atomic E-state index is -0.266. The van der Waals surface area contributed by atoms with Crippen LogP contribution in [0.1, 0.15) is 23.6 Å². The van der Waals surface area contributed by atoms with Gasteiger partial charge in [-0.2, -0.15) is 0 Å². The van der Waals surface area contributed by atoms with Crippen molar-refractivity contribution in [3.63, 3.8) is 0 Å². The zero-order valence-electron chi connectivity index (χ0n) is 12.9. The maximum absolute atomic E-state index is 13.0. The van der Waals surface area contributed by atoms with Gasteiger partial charge >= 0.3 is 0 Å². The molecule has 2 aromatic rings. The standard InChI is InChI=1S/C19H19FN2/c1-4-5-15-6-8-16(9-7-15)14(2)22-19(21-3)17-10-12-18(20)13-11-17/h4,6-13H,1,5H2,2-3H3. The van der Waals surface area contributed by atoms with Gasteiger partial charge in [0.2, 0.25) is 0 Å². The van der Waals surface area contributed by atoms with Crippen LogP contribution in [0.2, 0.25) is 0 Å². The average molecular weight is 294 g/mol. The van der Waals surface area contributed by atoms with E-state index in [1.165, 1.54) is 17.7 Å². The molecule has 2 aromatic carbocycles. The summed E-state index contributed by atoms with van der Waals surface area (Å²) in [7, 11) is 1.68. The maximum Gasteiger partial charge on any atom is 0.154 e. The Balaban J connectivity index is 2.25. The van der Waals surface area contributed by atoms with Crippen LogP contribution in [0.15, 0.2) is 71.2 Å². The summed E-state index contributed by atoms with van der Waals surface area (Å²) in [5.74, 6) is 0.324. The van der Waals surface area contributed by atoms with Crippen molar-refractivity contribution in [3.8, 4) is 0 Å². The Morgan fingerprint density at radius 3 is 2.18 bits per heavy atom. The van der Waals surface area contributed by atoms with Crippen molar-refractivity contribution in [2.24, 2.45) is 9.98 Å². The molecule has 0 amide bonds. The molecule has 2 rings (SSSR count). The molecule has 0 radical (unpaired) electrons. The number of nitrogens with zero attached hydrogens (tertiary/aromatic N) is 2. The zero-order chi connectivity index (χ0) is 15.9. The molecule has 0 aromatic heterocycles. The van der Waals surface area contributed by atoms with E-state index in [2.05, 4.69) is 28.7 Å². The summed E-state index contributed by atoms with van der Waals surface area (Å²) in [5, 5.41) is 0. The number of rotatable bonds is 4. The topological polar surface area (TPSA) is 24.7 Å². The molecule has 0 saturated carbocycles. The summed E-state index contributed by atoms with van der Waals surface area (Å²) in [5.41, 5.74) is 3.92. The lowest BCUT2D eigenvalue weighted by Crippen LogP contribution is -2.03. The van der Waals surface area contributed by atoms with Crippen LogP contribution in [-0.4, -0.2) is 18.6 Å². The van der Waals surface area contributed by atoms with E-state index in [4.69, 9.17) is 0 Å². The van der Waals surface area contributed by atoms with Crippen LogP contribution in [0.4, 0.5) is 4.39 Å². The molecule has 22 heavy (non-hydrogen) atoms. The van der Waals surface area contributed by atoms with Gasteiger partial charge in [-0.05, 0) is 48.7 Å². The van der Waals surface area contributed by atoms with Gasteiger partial charge in [-0.3, -0.25) is 4.99 Å². The highest BCUT2D eigenvalue weighted by molar-refractivity contribution is 6.11. The second kappa shape index (κ2) is 7.46. The number of benzene rings is 2. The van der Waals surface area contributed by atoms with Gasteiger partial charge in [0.1, 0.15) is 5.82 Å². The van der Waals surface area contributed by atoms with E-state index in [0.29, 0.717) is 5.84 Å². The molecule has 0 bridgehead atoms. The van der Waals surface area contributed by atoms with Crippen LogP contribution in [0.3, 0.4) is 0 Å². The lowest BCUT2D eigenvalue weighted by atomic mass is 10.1. The molecule has 0 N–H and O–H groups in total. The molecule has 0 aliphatic heterocycles. The number of aliphatic imine (C=N–C) groups is 2. The highest BCUT2D eigenvalue weighted by Gasteiger charge is 2.04. The molecule has 0 spiro atoms. The van der Waals surface area contributed by atoms with Gasteiger partial charge in [-0.1, -0.05) is 30.3 Å². The number of hydrogen-bond donors (Lipinski definition) is 0. The fraction of sp³-hybridized carbons (Fsp3) is 0.158. The quantitative estimate of drug-likeness (QED) is 0.452. The van der Waals surface area contributed by atoms with Crippen molar-refractivity contribution >= 4 is 11.5 Å². The maximum atomic E-state index is 13.0. The largest absolute Gasteiger partial charge is 0.270 e. The third-order valence-electron chi connectivity index (χ3n) is 3.34. The lowest BCUT2D eigenvalue weighted by Gasteiger charge is -2.05. The highest BCUT2D eigenvalue weighted by Crippen LogP contribution is 2.10. The first-order chi connectivity index (χ1) is 10.6. The summed E-state index contributed by atoms with van der Waals surface area (Å²) in [6, 6.07) is 14.4. The molecule has 0 heterocycles. The zero-order valence-corrected chi connectivity index (χ0v) is 12.9. The summed E-state index contributed by atoms with van der Waals surface area (Å²) in [6.45, 7) is 5.68. The smallest absolute Gasteiger partial charge is 0.154 e. The Morgan fingerprint density at radius 1 is 1.05 bits per heavy atom. The fourth-order valence-corrected chi connectivity index (χ4v) is 2.11. The monoisotopic (exact) mass is 294 g/mol. The van der Waals surface area contributed by atoms with E-state index in [9.17, 15) is 4.39 Å². The van der Waals surface area contributed by atoms with Crippen LogP contribution >= 0.6 is 0 Å². The molecular formula is C19H19FN2. The normalized spacial score (nSPS) is 12.3. The number of amidine groups is 1. The summed E-state index contributed by atoms with van der Waals surface area (Å²) < 4.78 is 13.0. The first-order valence-corrected chi connectivity index (χ1v) is 7.12. The first kappa shape index (κ1) is 15.8. The van der Waals surface area contributed by atoms with Crippen LogP contribution < -0.4 is 0 Å². The Bertz CT molecular complexity index is 695. The molecule has 112 valence electrons. The second-order valence-corrected chi connectivity index (χ2v) is 4.94. The Labute approximate surface area is 130 Å². The first-order valence-electron chi connectivity index (χ1n) is 7.12. The summed E-state index contributed by atoms with van der Waals surface area (Å²) >= 11 is 0. The molecule has 0 atom stereocenters. The van der Waals surface area contributed by atoms with Crippen LogP contribution in [-0.2, 0) is 6.42 Å². The van der Waals surface area contributed by atoms with Gasteiger partial charge in [-0.25, -0.2) is 9.38 Å². The molecule has 2 nitrogen and oxygen atoms in total. The van der Waals surface area contributed by atoms with E-state index < -0.39 is 0 Å². The lowest BCUT2D eigenvalue weighted by molar-refractivity contribution is 0.628. The highest BCUT2D eigenvalue weighted by atomic mass is 19.1. The molecular weight excluding hydrogens is 275 g/mol. The van der Waals surface area contributed by atoms with Crippen LogP contribution in [0, 0.1) is 5.82 Å². The molecule has 0 aliphatic rings. The average Bonchev–Trinajstić information content (AvgIpc) is 2.54. The second-order valence-electron chi connectivity index (χ2n) is 4.94. The van der Waals surface area contributed by atoms with Crippen LogP contribution in [0.25, 0.3) is 0 Å². The predicted octanol–water partition coefficient (Wildman–Crippen LogP) is 4.44. The van der Waals surface area contributed by atoms with Crippen molar-refractivity contribution in [1.29, 1.82) is 0 Å². The Hall–Kier alpha value is -2.55. The van der Waals surface area contributed by atoms with Gasteiger partial charge in [0.25, 0.3) is 0 Å². The van der Waals surface area contributed by atoms with E-state index in [-0.39, 0.29) is 5.82 Å². The minimum Gasteiger partial charge on any atom is -0.270 e. The van der Waals surface area contributed by atoms with Crippen LogP contribution in [0.5, 0.6) is 0 Å². The molecule has 3 heteroatoms. The van der Waals surface area contributed by atoms with Gasteiger partial charge in [-0.15, -0.1) is 6.58 Å². The minimum absolute atomic E-state index is 0.266. The number of halogens is 1. The SMILES string of the molecule is C=CCc1ccc(C(C)=NC(=NC)c2ccc(F)cc2)cc1. The summed E-state index contributed by atoms with van der Waals surface area (Å²) in [4.78, 5) is 8.76. The Morgan fingerprint density at radius 2 is 1.64 bits per heavy atom. The fourth-order valence-electron chi connectivity index (χ4n) is 2.11. The summed E-state index contributed by atoms with van der Waals surface area (Å²) in [6.07, 6.45) is 2.74. The Kier molecular flexibility index (Phi) is 5.37. The van der Waals surface area contributed by atoms with Crippen molar-refractivity contribution in [1.82, 2.24) is 0 Å². The van der Waals surface area contributed by atoms with Gasteiger partial charge in [0.05, 0.1) is 0 Å². The van der Waals surface area contributed by atoms with Gasteiger partial charge in [0.15, 0.2) is 5.84 Å². The molecule has 0 fully saturated rings. The van der Waals surface area contributed by atoms with Crippen molar-refractivity contribution < 1.29 is 4.39 Å². The third kappa shape index (κ3) is 3.98. The third-order valence-corrected chi connectivity index (χ3v) is 3.34. The molecule has 0 unspecified atom stereocenters. The van der Waals surface area contributed by atoms with E-state index in [1.54, 1.807) is 19.2 Å². The number of hydrogen-bond acceptors (Lipinski definition) is 1. The van der Waals surface area contributed by atoms with Crippen molar-refractivity contribution in [3.05, 3.63) is 83.7 Å². The van der Waals surface area contributed by atoms with E-state index >= 15 is 0 Å². The van der Waals surface area contributed by atoms with Crippen molar-refractivity contribution in [2.45, 2.75) is 13.3 Å². The molecule has 0 aliphatic carbocycles.